The minimum Gasteiger partial charge on any atom is -0.352 e. The monoisotopic (exact) mass is 593 g/mol. The Kier molecular flexibility index (Phi) is 6.30. The van der Waals surface area contributed by atoms with Gasteiger partial charge in [0.15, 0.2) is 0 Å². The van der Waals surface area contributed by atoms with E-state index in [-0.39, 0.29) is 12.1 Å². The molecule has 0 fully saturated rings. The Balaban J connectivity index is 1.58. The molecule has 1 aromatic heterocycles. The predicted molar refractivity (Wildman–Crippen MR) is 157 cm³/mol. The molecule has 0 saturated carbocycles. The number of primary amides is 1. The summed E-state index contributed by atoms with van der Waals surface area (Å²) < 4.78 is 60.5. The molecule has 3 heterocycles. The fourth-order valence-electron chi connectivity index (χ4n) is 7.38. The van der Waals surface area contributed by atoms with E-state index in [2.05, 4.69) is 5.32 Å². The number of hydrogen-bond donors (Lipinski definition) is 2. The molecule has 3 N–H and O–H groups in total. The maximum atomic E-state index is 16.9. The molecule has 0 radical (unpaired) electrons. The first-order valence-electron chi connectivity index (χ1n) is 14.4. The van der Waals surface area contributed by atoms with E-state index in [1.54, 1.807) is 19.1 Å². The lowest BCUT2D eigenvalue weighted by Crippen LogP contribution is -2.52. The molecule has 0 saturated heterocycles. The topological polar surface area (TPSA) is 76.2 Å². The summed E-state index contributed by atoms with van der Waals surface area (Å²) in [5.41, 5.74) is 7.95. The lowest BCUT2D eigenvalue weighted by Gasteiger charge is -2.46. The summed E-state index contributed by atoms with van der Waals surface area (Å²) in [5.74, 6) is -0.511. The van der Waals surface area contributed by atoms with Gasteiger partial charge in [-0.15, -0.1) is 0 Å². The van der Waals surface area contributed by atoms with Crippen LogP contribution in [-0.4, -0.2) is 26.3 Å². The van der Waals surface area contributed by atoms with Crippen molar-refractivity contribution < 1.29 is 22.4 Å². The number of carbonyl (C=O) groups excluding carboxylic acids is 1. The van der Waals surface area contributed by atoms with Crippen molar-refractivity contribution in [1.82, 2.24) is 20.0 Å². The standard InChI is InChI=1S/C33H35F4N5O/c1-7-19-12-10-13-21-24-26(34)31(5,39-29(38)43)15-18(2)32(24,6)28-22-17-41(30(3,4)27(22)40-42(28)25(19)21)16-20-11-8-9-14-23(20)33(35,36)37/h8-15H,7,16-17H2,1-6H3,(H3,38,39,43). The fraction of sp³-hybridized carbons (Fsp3) is 0.394. The van der Waals surface area contributed by atoms with Crippen LogP contribution in [-0.2, 0) is 36.6 Å². The van der Waals surface area contributed by atoms with E-state index in [0.717, 1.165) is 39.8 Å². The molecule has 0 bridgehead atoms. The quantitative estimate of drug-likeness (QED) is 0.252. The highest BCUT2D eigenvalue weighted by Crippen LogP contribution is 2.59. The van der Waals surface area contributed by atoms with Crippen molar-refractivity contribution in [2.45, 2.75) is 83.7 Å². The first-order valence-corrected chi connectivity index (χ1v) is 14.4. The number of aryl methyl sites for hydroxylation is 1. The zero-order valence-corrected chi connectivity index (χ0v) is 25.1. The summed E-state index contributed by atoms with van der Waals surface area (Å²) >= 11 is 0. The summed E-state index contributed by atoms with van der Waals surface area (Å²) in [5, 5.41) is 7.76. The average molecular weight is 594 g/mol. The normalized spacial score (nSPS) is 24.2. The number of carbonyl (C=O) groups is 1. The number of para-hydroxylation sites is 1. The number of allylic oxidation sites excluding steroid dienone is 2. The van der Waals surface area contributed by atoms with Gasteiger partial charge in [-0.25, -0.2) is 13.9 Å². The molecule has 2 aromatic carbocycles. The summed E-state index contributed by atoms with van der Waals surface area (Å²) in [4.78, 5) is 14.0. The molecule has 2 atom stereocenters. The van der Waals surface area contributed by atoms with Gasteiger partial charge >= 0.3 is 12.2 Å². The van der Waals surface area contributed by atoms with E-state index in [1.165, 1.54) is 12.1 Å². The van der Waals surface area contributed by atoms with Crippen molar-refractivity contribution in [2.24, 2.45) is 5.73 Å². The van der Waals surface area contributed by atoms with E-state index < -0.39 is 40.1 Å². The van der Waals surface area contributed by atoms with Crippen LogP contribution in [0.2, 0.25) is 0 Å². The minimum absolute atomic E-state index is 0.0679. The molecular formula is C33H35F4N5O. The van der Waals surface area contributed by atoms with E-state index in [0.29, 0.717) is 24.1 Å². The third-order valence-electron chi connectivity index (χ3n) is 9.69. The average Bonchev–Trinajstić information content (AvgIpc) is 3.41. The number of urea groups is 1. The first kappa shape index (κ1) is 29.2. The number of rotatable bonds is 4. The highest BCUT2D eigenvalue weighted by molar-refractivity contribution is 5.91. The van der Waals surface area contributed by atoms with E-state index in [4.69, 9.17) is 10.8 Å². The Morgan fingerprint density at radius 3 is 2.40 bits per heavy atom. The highest BCUT2D eigenvalue weighted by Gasteiger charge is 2.55. The maximum Gasteiger partial charge on any atom is 0.416 e. The van der Waals surface area contributed by atoms with Gasteiger partial charge in [-0.2, -0.15) is 18.3 Å². The number of hydrogen-bond acceptors (Lipinski definition) is 3. The van der Waals surface area contributed by atoms with Gasteiger partial charge in [-0.3, -0.25) is 4.90 Å². The second-order valence-electron chi connectivity index (χ2n) is 12.7. The largest absolute Gasteiger partial charge is 0.416 e. The molecule has 2 aliphatic heterocycles. The van der Waals surface area contributed by atoms with Crippen molar-refractivity contribution in [3.63, 3.8) is 0 Å². The molecule has 2 unspecified atom stereocenters. The summed E-state index contributed by atoms with van der Waals surface area (Å²) in [7, 11) is 0. The number of halogens is 4. The molecule has 3 aliphatic rings. The van der Waals surface area contributed by atoms with E-state index >= 15 is 4.39 Å². The van der Waals surface area contributed by atoms with Crippen LogP contribution < -0.4 is 11.1 Å². The van der Waals surface area contributed by atoms with E-state index in [1.807, 2.05) is 62.4 Å². The lowest BCUT2D eigenvalue weighted by molar-refractivity contribution is -0.138. The number of nitrogens with one attached hydrogen (secondary N) is 1. The Bertz CT molecular complexity index is 1750. The zero-order chi connectivity index (χ0) is 31.3. The van der Waals surface area contributed by atoms with E-state index in [9.17, 15) is 18.0 Å². The number of nitrogens with zero attached hydrogens (tertiary/aromatic N) is 3. The molecule has 6 nitrogen and oxygen atoms in total. The van der Waals surface area contributed by atoms with Crippen LogP contribution >= 0.6 is 0 Å². The Morgan fingerprint density at radius 1 is 1.07 bits per heavy atom. The van der Waals surface area contributed by atoms with Gasteiger partial charge in [-0.1, -0.05) is 55.0 Å². The van der Waals surface area contributed by atoms with Gasteiger partial charge in [0.1, 0.15) is 11.4 Å². The van der Waals surface area contributed by atoms with Crippen molar-refractivity contribution in [3.05, 3.63) is 99.1 Å². The SMILES string of the molecule is CCc1cccc2c1-n1nc3c(c1C1(C)C(C)=CC(C)(NC(N)=O)C(F)=C21)CN(Cc1ccccc1C(F)(F)F)C3(C)C. The molecule has 6 rings (SSSR count). The van der Waals surface area contributed by atoms with Gasteiger partial charge < -0.3 is 11.1 Å². The third kappa shape index (κ3) is 4.02. The molecule has 3 aromatic rings. The number of alkyl halides is 3. The number of benzene rings is 2. The highest BCUT2D eigenvalue weighted by atomic mass is 19.4. The maximum absolute atomic E-state index is 16.9. The third-order valence-corrected chi connectivity index (χ3v) is 9.69. The number of amides is 2. The van der Waals surface area contributed by atoms with Gasteiger partial charge in [0.25, 0.3) is 0 Å². The Hall–Kier alpha value is -3.92. The first-order chi connectivity index (χ1) is 20.1. The lowest BCUT2D eigenvalue weighted by atomic mass is 9.62. The number of nitrogens with two attached hydrogens (primary N) is 1. The second kappa shape index (κ2) is 9.29. The zero-order valence-electron chi connectivity index (χ0n) is 25.1. The smallest absolute Gasteiger partial charge is 0.352 e. The van der Waals surface area contributed by atoms with Crippen molar-refractivity contribution >= 4 is 11.6 Å². The van der Waals surface area contributed by atoms with Crippen molar-refractivity contribution in [2.75, 3.05) is 0 Å². The Labute approximate surface area is 248 Å². The van der Waals surface area contributed by atoms with Crippen LogP contribution in [0, 0.1) is 0 Å². The second-order valence-corrected chi connectivity index (χ2v) is 12.7. The molecule has 2 amide bonds. The van der Waals surface area contributed by atoms with Crippen LogP contribution in [0.5, 0.6) is 0 Å². The van der Waals surface area contributed by atoms with Crippen LogP contribution in [0.4, 0.5) is 22.4 Å². The van der Waals surface area contributed by atoms with Gasteiger partial charge in [0, 0.05) is 29.8 Å². The summed E-state index contributed by atoms with van der Waals surface area (Å²) in [6, 6.07) is 10.6. The fourth-order valence-corrected chi connectivity index (χ4v) is 7.38. The van der Waals surface area contributed by atoms with Crippen LogP contribution in [0.3, 0.4) is 0 Å². The van der Waals surface area contributed by atoms with Gasteiger partial charge in [0.05, 0.1) is 33.6 Å². The summed E-state index contributed by atoms with van der Waals surface area (Å²) in [6.07, 6.45) is -2.10. The minimum atomic E-state index is -4.48. The van der Waals surface area contributed by atoms with Crippen LogP contribution in [0.15, 0.2) is 59.9 Å². The van der Waals surface area contributed by atoms with Gasteiger partial charge in [0.2, 0.25) is 0 Å². The van der Waals surface area contributed by atoms with Crippen LogP contribution in [0.1, 0.15) is 80.7 Å². The molecule has 10 heteroatoms. The van der Waals surface area contributed by atoms with Gasteiger partial charge in [-0.05, 0) is 58.2 Å². The predicted octanol–water partition coefficient (Wildman–Crippen LogP) is 7.04. The van der Waals surface area contributed by atoms with Crippen molar-refractivity contribution in [3.8, 4) is 5.69 Å². The van der Waals surface area contributed by atoms with Crippen LogP contribution in [0.25, 0.3) is 11.3 Å². The molecule has 43 heavy (non-hydrogen) atoms. The molecule has 0 spiro atoms. The number of fused-ring (bicyclic) bond motifs is 8. The number of aromatic nitrogens is 2. The Morgan fingerprint density at radius 2 is 1.74 bits per heavy atom. The van der Waals surface area contributed by atoms with Crippen molar-refractivity contribution in [1.29, 1.82) is 0 Å². The molecular weight excluding hydrogens is 558 g/mol. The molecule has 226 valence electrons. The molecule has 1 aliphatic carbocycles. The summed E-state index contributed by atoms with van der Waals surface area (Å²) in [6.45, 7) is 11.8.